The molecular formula is C16H9Cl2F3O2. The SMILES string of the molecule is O=C(/C=C/c1cccc(C(F)(F)F)c1)c1cc(Cl)cc(Cl)c1O. The molecule has 0 heterocycles. The molecule has 0 aliphatic carbocycles. The maximum absolute atomic E-state index is 12.6. The van der Waals surface area contributed by atoms with E-state index in [1.165, 1.54) is 30.3 Å². The summed E-state index contributed by atoms with van der Waals surface area (Å²) in [4.78, 5) is 12.0. The molecule has 2 nitrogen and oxygen atoms in total. The number of phenols is 1. The van der Waals surface area contributed by atoms with E-state index < -0.39 is 23.3 Å². The molecule has 1 N–H and O–H groups in total. The van der Waals surface area contributed by atoms with Gasteiger partial charge in [0.1, 0.15) is 5.75 Å². The number of hydrogen-bond donors (Lipinski definition) is 1. The summed E-state index contributed by atoms with van der Waals surface area (Å²) < 4.78 is 37.9. The van der Waals surface area contributed by atoms with Gasteiger partial charge in [-0.05, 0) is 35.9 Å². The van der Waals surface area contributed by atoms with E-state index in [-0.39, 0.29) is 21.2 Å². The van der Waals surface area contributed by atoms with Crippen molar-refractivity contribution >= 4 is 35.1 Å². The number of allylic oxidation sites excluding steroid dienone is 1. The van der Waals surface area contributed by atoms with Gasteiger partial charge in [0.25, 0.3) is 0 Å². The summed E-state index contributed by atoms with van der Waals surface area (Å²) >= 11 is 11.5. The Bertz CT molecular complexity index is 783. The third-order valence-corrected chi connectivity index (χ3v) is 3.44. The van der Waals surface area contributed by atoms with Crippen LogP contribution < -0.4 is 0 Å². The lowest BCUT2D eigenvalue weighted by Gasteiger charge is -2.07. The molecule has 2 rings (SSSR count). The monoisotopic (exact) mass is 360 g/mol. The number of ketones is 1. The maximum atomic E-state index is 12.6. The van der Waals surface area contributed by atoms with Crippen LogP contribution in [-0.4, -0.2) is 10.9 Å². The van der Waals surface area contributed by atoms with Crippen LogP contribution in [0, 0.1) is 0 Å². The van der Waals surface area contributed by atoms with Crippen LogP contribution in [0.3, 0.4) is 0 Å². The summed E-state index contributed by atoms with van der Waals surface area (Å²) in [6.07, 6.45) is -2.21. The molecule has 7 heteroatoms. The molecule has 0 saturated heterocycles. The number of aromatic hydroxyl groups is 1. The second-order valence-electron chi connectivity index (χ2n) is 4.60. The van der Waals surface area contributed by atoms with E-state index in [9.17, 15) is 23.1 Å². The van der Waals surface area contributed by atoms with Crippen molar-refractivity contribution in [2.75, 3.05) is 0 Å². The Hall–Kier alpha value is -1.98. The Morgan fingerprint density at radius 3 is 2.48 bits per heavy atom. The topological polar surface area (TPSA) is 37.3 Å². The van der Waals surface area contributed by atoms with Gasteiger partial charge in [-0.25, -0.2) is 0 Å². The van der Waals surface area contributed by atoms with Gasteiger partial charge in [-0.2, -0.15) is 13.2 Å². The lowest BCUT2D eigenvalue weighted by Crippen LogP contribution is -2.04. The maximum Gasteiger partial charge on any atom is 0.416 e. The number of rotatable bonds is 3. The average Bonchev–Trinajstić information content (AvgIpc) is 2.48. The number of halogens is 5. The quantitative estimate of drug-likeness (QED) is 0.570. The van der Waals surface area contributed by atoms with Crippen molar-refractivity contribution in [2.24, 2.45) is 0 Å². The zero-order valence-corrected chi connectivity index (χ0v) is 12.9. The van der Waals surface area contributed by atoms with Gasteiger partial charge in [-0.3, -0.25) is 4.79 Å². The molecule has 0 spiro atoms. The van der Waals surface area contributed by atoms with Gasteiger partial charge >= 0.3 is 6.18 Å². The third kappa shape index (κ3) is 4.27. The number of carbonyl (C=O) groups is 1. The minimum Gasteiger partial charge on any atom is -0.506 e. The third-order valence-electron chi connectivity index (χ3n) is 2.93. The summed E-state index contributed by atoms with van der Waals surface area (Å²) in [7, 11) is 0. The number of carbonyl (C=O) groups excluding carboxylic acids is 1. The largest absolute Gasteiger partial charge is 0.506 e. The average molecular weight is 361 g/mol. The molecule has 0 saturated carbocycles. The molecule has 0 atom stereocenters. The molecule has 0 amide bonds. The number of alkyl halides is 3. The predicted octanol–water partition coefficient (Wildman–Crippen LogP) is 5.61. The van der Waals surface area contributed by atoms with Crippen LogP contribution in [0.2, 0.25) is 10.0 Å². The highest BCUT2D eigenvalue weighted by atomic mass is 35.5. The first-order valence-electron chi connectivity index (χ1n) is 6.26. The Balaban J connectivity index is 2.29. The van der Waals surface area contributed by atoms with Gasteiger partial charge in [0.05, 0.1) is 16.1 Å². The fraction of sp³-hybridized carbons (Fsp3) is 0.0625. The lowest BCUT2D eigenvalue weighted by atomic mass is 10.1. The van der Waals surface area contributed by atoms with Crippen molar-refractivity contribution in [1.82, 2.24) is 0 Å². The van der Waals surface area contributed by atoms with Gasteiger partial charge in [-0.15, -0.1) is 0 Å². The van der Waals surface area contributed by atoms with E-state index in [1.807, 2.05) is 0 Å². The number of benzene rings is 2. The van der Waals surface area contributed by atoms with Gasteiger partial charge in [0.2, 0.25) is 0 Å². The van der Waals surface area contributed by atoms with Crippen LogP contribution in [0.1, 0.15) is 21.5 Å². The minimum absolute atomic E-state index is 0.0895. The van der Waals surface area contributed by atoms with Crippen molar-refractivity contribution < 1.29 is 23.1 Å². The van der Waals surface area contributed by atoms with E-state index in [2.05, 4.69) is 0 Å². The second-order valence-corrected chi connectivity index (χ2v) is 5.45. The van der Waals surface area contributed by atoms with Gasteiger partial charge in [-0.1, -0.05) is 41.4 Å². The van der Waals surface area contributed by atoms with Crippen LogP contribution in [0.25, 0.3) is 6.08 Å². The summed E-state index contributed by atoms with van der Waals surface area (Å²) in [5.74, 6) is -1.07. The van der Waals surface area contributed by atoms with Crippen molar-refractivity contribution in [3.8, 4) is 5.75 Å². The fourth-order valence-electron chi connectivity index (χ4n) is 1.83. The molecule has 120 valence electrons. The van der Waals surface area contributed by atoms with Gasteiger partial charge < -0.3 is 5.11 Å². The lowest BCUT2D eigenvalue weighted by molar-refractivity contribution is -0.137. The molecule has 0 aromatic heterocycles. The molecule has 2 aromatic rings. The standard InChI is InChI=1S/C16H9Cl2F3O2/c17-11-7-12(15(23)13(18)8-11)14(22)5-4-9-2-1-3-10(6-9)16(19,20)21/h1-8,23H/b5-4+. The van der Waals surface area contributed by atoms with E-state index in [1.54, 1.807) is 0 Å². The first kappa shape index (κ1) is 17.4. The first-order valence-corrected chi connectivity index (χ1v) is 7.02. The Labute approximate surface area is 139 Å². The molecule has 23 heavy (non-hydrogen) atoms. The number of hydrogen-bond acceptors (Lipinski definition) is 2. The Kier molecular flexibility index (Phi) is 5.02. The Morgan fingerprint density at radius 2 is 1.83 bits per heavy atom. The van der Waals surface area contributed by atoms with Gasteiger partial charge in [0, 0.05) is 5.02 Å². The highest BCUT2D eigenvalue weighted by Crippen LogP contribution is 2.32. The first-order chi connectivity index (χ1) is 10.7. The molecule has 0 aliphatic rings. The van der Waals surface area contributed by atoms with Crippen LogP contribution in [0.5, 0.6) is 5.75 Å². The minimum atomic E-state index is -4.47. The summed E-state index contributed by atoms with van der Waals surface area (Å²) in [6.45, 7) is 0. The van der Waals surface area contributed by atoms with E-state index in [0.29, 0.717) is 0 Å². The van der Waals surface area contributed by atoms with Crippen LogP contribution in [0.4, 0.5) is 13.2 Å². The molecule has 0 fully saturated rings. The van der Waals surface area contributed by atoms with Crippen LogP contribution >= 0.6 is 23.2 Å². The van der Waals surface area contributed by atoms with Gasteiger partial charge in [0.15, 0.2) is 5.78 Å². The van der Waals surface area contributed by atoms with E-state index in [0.717, 1.165) is 18.2 Å². The van der Waals surface area contributed by atoms with Crippen LogP contribution in [-0.2, 0) is 6.18 Å². The van der Waals surface area contributed by atoms with Crippen molar-refractivity contribution in [3.05, 3.63) is 69.2 Å². The zero-order chi connectivity index (χ0) is 17.2. The summed E-state index contributed by atoms with van der Waals surface area (Å²) in [6, 6.07) is 6.99. The van der Waals surface area contributed by atoms with Crippen molar-refractivity contribution in [3.63, 3.8) is 0 Å². The second kappa shape index (κ2) is 6.64. The molecule has 2 aromatic carbocycles. The van der Waals surface area contributed by atoms with E-state index >= 15 is 0 Å². The fourth-order valence-corrected chi connectivity index (χ4v) is 2.33. The molecule has 0 aliphatic heterocycles. The summed E-state index contributed by atoms with van der Waals surface area (Å²) in [5.41, 5.74) is -0.757. The molecule has 0 radical (unpaired) electrons. The van der Waals surface area contributed by atoms with Crippen molar-refractivity contribution in [1.29, 1.82) is 0 Å². The molecule has 0 bridgehead atoms. The van der Waals surface area contributed by atoms with Crippen LogP contribution in [0.15, 0.2) is 42.5 Å². The molecular weight excluding hydrogens is 352 g/mol. The molecule has 0 unspecified atom stereocenters. The highest BCUT2D eigenvalue weighted by Gasteiger charge is 2.30. The normalized spacial score (nSPS) is 11.9. The smallest absolute Gasteiger partial charge is 0.416 e. The Morgan fingerprint density at radius 1 is 1.13 bits per heavy atom. The van der Waals surface area contributed by atoms with Crippen molar-refractivity contribution in [2.45, 2.75) is 6.18 Å². The number of phenolic OH excluding ortho intramolecular Hbond substituents is 1. The summed E-state index contributed by atoms with van der Waals surface area (Å²) in [5, 5.41) is 9.81. The highest BCUT2D eigenvalue weighted by molar-refractivity contribution is 6.36. The zero-order valence-electron chi connectivity index (χ0n) is 11.4. The van der Waals surface area contributed by atoms with E-state index in [4.69, 9.17) is 23.2 Å². The predicted molar refractivity (Wildman–Crippen MR) is 82.9 cm³/mol.